The van der Waals surface area contributed by atoms with Crippen LogP contribution in [-0.2, 0) is 9.59 Å². The van der Waals surface area contributed by atoms with E-state index in [2.05, 4.69) is 13.8 Å². The number of hydrogen-bond acceptors (Lipinski definition) is 2. The molecule has 0 aliphatic carbocycles. The van der Waals surface area contributed by atoms with E-state index in [0.29, 0.717) is 12.8 Å². The van der Waals surface area contributed by atoms with E-state index in [0.717, 1.165) is 0 Å². The lowest BCUT2D eigenvalue weighted by atomic mass is 10.2. The molecule has 0 aliphatic heterocycles. The Labute approximate surface area is 91.3 Å². The molecule has 4 heteroatoms. The number of aliphatic carboxylic acids is 2. The van der Waals surface area contributed by atoms with Crippen LogP contribution in [-0.4, -0.2) is 22.2 Å². The van der Waals surface area contributed by atoms with Crippen molar-refractivity contribution in [2.24, 2.45) is 0 Å². The molecule has 4 nitrogen and oxygen atoms in total. The molecule has 0 aromatic carbocycles. The lowest BCUT2D eigenvalue weighted by molar-refractivity contribution is -0.139. The van der Waals surface area contributed by atoms with Crippen molar-refractivity contribution in [2.75, 3.05) is 0 Å². The van der Waals surface area contributed by atoms with Gasteiger partial charge in [0, 0.05) is 12.8 Å². The van der Waals surface area contributed by atoms with E-state index in [1.165, 1.54) is 19.3 Å². The van der Waals surface area contributed by atoms with Crippen LogP contribution in [0.15, 0.2) is 0 Å². The Balaban J connectivity index is 0. The first-order valence-corrected chi connectivity index (χ1v) is 5.48. The molecule has 0 unspecified atom stereocenters. The summed E-state index contributed by atoms with van der Waals surface area (Å²) < 4.78 is 0. The predicted octanol–water partition coefficient (Wildman–Crippen LogP) is 2.91. The second-order valence-corrected chi connectivity index (χ2v) is 3.35. The molecule has 0 saturated heterocycles. The molecule has 0 fully saturated rings. The molecular weight excluding hydrogens is 196 g/mol. The molecule has 0 heterocycles. The normalized spacial score (nSPS) is 8.93. The standard InChI is InChI=1S/C6H10O4.C5H12/c7-5(8)3-1-2-4-6(9)10;1-3-5-4-2/h1-4H2,(H,7,8)(H,9,10);3-5H2,1-2H3. The highest BCUT2D eigenvalue weighted by Crippen LogP contribution is 1.98. The van der Waals surface area contributed by atoms with Gasteiger partial charge in [-0.15, -0.1) is 0 Å². The Kier molecular flexibility index (Phi) is 14.1. The van der Waals surface area contributed by atoms with Gasteiger partial charge in [0.1, 0.15) is 0 Å². The minimum atomic E-state index is -0.870. The van der Waals surface area contributed by atoms with Crippen LogP contribution in [0.4, 0.5) is 0 Å². The fourth-order valence-corrected chi connectivity index (χ4v) is 0.906. The molecule has 0 aliphatic rings. The summed E-state index contributed by atoms with van der Waals surface area (Å²) in [7, 11) is 0. The third-order valence-corrected chi connectivity index (χ3v) is 1.74. The molecule has 2 N–H and O–H groups in total. The summed E-state index contributed by atoms with van der Waals surface area (Å²) in [6.45, 7) is 4.42. The summed E-state index contributed by atoms with van der Waals surface area (Å²) in [6, 6.07) is 0. The van der Waals surface area contributed by atoms with Crippen molar-refractivity contribution in [1.82, 2.24) is 0 Å². The van der Waals surface area contributed by atoms with E-state index in [1.807, 2.05) is 0 Å². The van der Waals surface area contributed by atoms with Crippen molar-refractivity contribution in [1.29, 1.82) is 0 Å². The molecule has 0 bridgehead atoms. The van der Waals surface area contributed by atoms with Gasteiger partial charge >= 0.3 is 11.9 Å². The van der Waals surface area contributed by atoms with Crippen molar-refractivity contribution in [3.63, 3.8) is 0 Å². The van der Waals surface area contributed by atoms with Gasteiger partial charge in [0.2, 0.25) is 0 Å². The number of carboxylic acid groups (broad SMARTS) is 2. The van der Waals surface area contributed by atoms with Gasteiger partial charge in [-0.2, -0.15) is 0 Å². The molecule has 0 atom stereocenters. The van der Waals surface area contributed by atoms with Crippen LogP contribution in [0.2, 0.25) is 0 Å². The SMILES string of the molecule is CCCCC.O=C(O)CCCCC(=O)O. The van der Waals surface area contributed by atoms with Gasteiger partial charge in [0.05, 0.1) is 0 Å². The van der Waals surface area contributed by atoms with Crippen LogP contribution in [0.1, 0.15) is 58.8 Å². The number of carbonyl (C=O) groups is 2. The third-order valence-electron chi connectivity index (χ3n) is 1.74. The maximum atomic E-state index is 9.90. The van der Waals surface area contributed by atoms with Crippen molar-refractivity contribution in [2.45, 2.75) is 58.8 Å². The van der Waals surface area contributed by atoms with Crippen LogP contribution in [0.5, 0.6) is 0 Å². The lowest BCUT2D eigenvalue weighted by Crippen LogP contribution is -1.97. The quantitative estimate of drug-likeness (QED) is 0.644. The Morgan fingerprint density at radius 1 is 0.800 bits per heavy atom. The zero-order valence-corrected chi connectivity index (χ0v) is 9.66. The molecule has 90 valence electrons. The first-order chi connectivity index (χ1) is 7.04. The predicted molar refractivity (Wildman–Crippen MR) is 58.9 cm³/mol. The molecular formula is C11H22O4. The van der Waals surface area contributed by atoms with Crippen LogP contribution >= 0.6 is 0 Å². The summed E-state index contributed by atoms with van der Waals surface area (Å²) in [6.07, 6.45) is 5.09. The summed E-state index contributed by atoms with van der Waals surface area (Å²) in [5.74, 6) is -1.74. The highest BCUT2D eigenvalue weighted by Gasteiger charge is 1.99. The Morgan fingerprint density at radius 2 is 1.13 bits per heavy atom. The first kappa shape index (κ1) is 16.4. The average molecular weight is 218 g/mol. The number of carboxylic acids is 2. The van der Waals surface area contributed by atoms with Crippen LogP contribution in [0.25, 0.3) is 0 Å². The number of unbranched alkanes of at least 4 members (excludes halogenated alkanes) is 3. The van der Waals surface area contributed by atoms with Crippen LogP contribution < -0.4 is 0 Å². The minimum absolute atomic E-state index is 0.0628. The van der Waals surface area contributed by atoms with Gasteiger partial charge in [0.25, 0.3) is 0 Å². The monoisotopic (exact) mass is 218 g/mol. The van der Waals surface area contributed by atoms with E-state index < -0.39 is 11.9 Å². The maximum absolute atomic E-state index is 9.90. The van der Waals surface area contributed by atoms with Crippen molar-refractivity contribution >= 4 is 11.9 Å². The zero-order chi connectivity index (χ0) is 12.1. The van der Waals surface area contributed by atoms with Crippen LogP contribution in [0, 0.1) is 0 Å². The van der Waals surface area contributed by atoms with Gasteiger partial charge in [-0.3, -0.25) is 9.59 Å². The second-order valence-electron chi connectivity index (χ2n) is 3.35. The molecule has 0 saturated carbocycles. The average Bonchev–Trinajstić information content (AvgIpc) is 2.14. The Hall–Kier alpha value is -1.06. The van der Waals surface area contributed by atoms with Gasteiger partial charge < -0.3 is 10.2 Å². The molecule has 15 heavy (non-hydrogen) atoms. The largest absolute Gasteiger partial charge is 0.481 e. The molecule has 0 aromatic rings. The molecule has 0 radical (unpaired) electrons. The highest BCUT2D eigenvalue weighted by atomic mass is 16.4. The molecule has 0 aromatic heterocycles. The zero-order valence-electron chi connectivity index (χ0n) is 9.66. The second kappa shape index (κ2) is 12.9. The summed E-state index contributed by atoms with van der Waals surface area (Å²) in [5.41, 5.74) is 0. The number of rotatable bonds is 7. The van der Waals surface area contributed by atoms with Gasteiger partial charge in [-0.05, 0) is 12.8 Å². The van der Waals surface area contributed by atoms with E-state index in [4.69, 9.17) is 10.2 Å². The van der Waals surface area contributed by atoms with E-state index >= 15 is 0 Å². The van der Waals surface area contributed by atoms with Crippen molar-refractivity contribution < 1.29 is 19.8 Å². The fourth-order valence-electron chi connectivity index (χ4n) is 0.906. The smallest absolute Gasteiger partial charge is 0.303 e. The first-order valence-electron chi connectivity index (χ1n) is 5.48. The maximum Gasteiger partial charge on any atom is 0.303 e. The Bertz CT molecular complexity index is 148. The van der Waals surface area contributed by atoms with E-state index in [9.17, 15) is 9.59 Å². The highest BCUT2D eigenvalue weighted by molar-refractivity contribution is 5.67. The summed E-state index contributed by atoms with van der Waals surface area (Å²) >= 11 is 0. The van der Waals surface area contributed by atoms with Crippen molar-refractivity contribution in [3.8, 4) is 0 Å². The molecule has 0 amide bonds. The summed E-state index contributed by atoms with van der Waals surface area (Å²) in [4.78, 5) is 19.8. The van der Waals surface area contributed by atoms with E-state index in [-0.39, 0.29) is 12.8 Å². The van der Waals surface area contributed by atoms with Gasteiger partial charge in [-0.25, -0.2) is 0 Å². The van der Waals surface area contributed by atoms with Gasteiger partial charge in [0.15, 0.2) is 0 Å². The lowest BCUT2D eigenvalue weighted by Gasteiger charge is -1.92. The summed E-state index contributed by atoms with van der Waals surface area (Å²) in [5, 5.41) is 16.3. The van der Waals surface area contributed by atoms with Gasteiger partial charge in [-0.1, -0.05) is 33.1 Å². The van der Waals surface area contributed by atoms with Crippen molar-refractivity contribution in [3.05, 3.63) is 0 Å². The minimum Gasteiger partial charge on any atom is -0.481 e. The molecule has 0 rings (SSSR count). The molecule has 0 spiro atoms. The Morgan fingerprint density at radius 3 is 1.27 bits per heavy atom. The number of hydrogen-bond donors (Lipinski definition) is 2. The third kappa shape index (κ3) is 24.6. The fraction of sp³-hybridized carbons (Fsp3) is 0.818. The topological polar surface area (TPSA) is 74.6 Å². The van der Waals surface area contributed by atoms with Crippen LogP contribution in [0.3, 0.4) is 0 Å². The van der Waals surface area contributed by atoms with E-state index in [1.54, 1.807) is 0 Å².